The molecule has 1 aliphatic heterocycles. The van der Waals surface area contributed by atoms with Crippen LogP contribution < -0.4 is 20.1 Å². The largest absolute Gasteiger partial charge is 0.454 e. The van der Waals surface area contributed by atoms with E-state index in [1.807, 2.05) is 18.2 Å². The Morgan fingerprint density at radius 2 is 2.14 bits per heavy atom. The highest BCUT2D eigenvalue weighted by atomic mass is 16.7. The van der Waals surface area contributed by atoms with Gasteiger partial charge in [0.2, 0.25) is 6.79 Å². The number of ether oxygens (including phenoxy) is 2. The highest BCUT2D eigenvalue weighted by Crippen LogP contribution is 2.32. The third kappa shape index (κ3) is 3.42. The summed E-state index contributed by atoms with van der Waals surface area (Å²) < 4.78 is 10.6. The summed E-state index contributed by atoms with van der Waals surface area (Å²) in [5.74, 6) is 1.52. The lowest BCUT2D eigenvalue weighted by Gasteiger charge is -2.07. The molecule has 6 nitrogen and oxygen atoms in total. The van der Waals surface area contributed by atoms with Crippen LogP contribution >= 0.6 is 0 Å². The number of hydrogen-bond acceptors (Lipinski definition) is 4. The quantitative estimate of drug-likeness (QED) is 0.903. The van der Waals surface area contributed by atoms with E-state index in [1.54, 1.807) is 24.5 Å². The van der Waals surface area contributed by atoms with Crippen molar-refractivity contribution in [2.45, 2.75) is 6.42 Å². The van der Waals surface area contributed by atoms with E-state index in [-0.39, 0.29) is 12.8 Å². The van der Waals surface area contributed by atoms with Gasteiger partial charge in [0, 0.05) is 12.7 Å². The van der Waals surface area contributed by atoms with E-state index < -0.39 is 0 Å². The third-order valence-corrected chi connectivity index (χ3v) is 3.06. The molecule has 108 valence electrons. The van der Waals surface area contributed by atoms with Crippen molar-refractivity contribution < 1.29 is 14.3 Å². The number of rotatable bonds is 4. The summed E-state index contributed by atoms with van der Waals surface area (Å²) in [5.41, 5.74) is 1.75. The van der Waals surface area contributed by atoms with Crippen LogP contribution in [0.2, 0.25) is 0 Å². The van der Waals surface area contributed by atoms with Crippen molar-refractivity contribution >= 4 is 11.7 Å². The maximum Gasteiger partial charge on any atom is 0.319 e. The Bertz CT molecular complexity index is 631. The number of benzene rings is 1. The van der Waals surface area contributed by atoms with Crippen LogP contribution in [-0.2, 0) is 6.42 Å². The molecule has 21 heavy (non-hydrogen) atoms. The Kier molecular flexibility index (Phi) is 3.86. The highest BCUT2D eigenvalue weighted by molar-refractivity contribution is 5.88. The smallest absolute Gasteiger partial charge is 0.319 e. The van der Waals surface area contributed by atoms with Gasteiger partial charge in [0.1, 0.15) is 0 Å². The normalized spacial score (nSPS) is 12.0. The monoisotopic (exact) mass is 285 g/mol. The molecule has 1 aromatic carbocycles. The number of pyridine rings is 1. The number of amides is 2. The van der Waals surface area contributed by atoms with Gasteiger partial charge in [-0.1, -0.05) is 6.07 Å². The van der Waals surface area contributed by atoms with Crippen molar-refractivity contribution in [2.24, 2.45) is 0 Å². The van der Waals surface area contributed by atoms with Gasteiger partial charge in [-0.2, -0.15) is 0 Å². The summed E-state index contributed by atoms with van der Waals surface area (Å²) in [6.45, 7) is 0.802. The molecule has 2 heterocycles. The van der Waals surface area contributed by atoms with Crippen LogP contribution in [0.25, 0.3) is 0 Å². The third-order valence-electron chi connectivity index (χ3n) is 3.06. The minimum atomic E-state index is -0.247. The molecule has 0 unspecified atom stereocenters. The number of aromatic nitrogens is 1. The van der Waals surface area contributed by atoms with Crippen molar-refractivity contribution in [2.75, 3.05) is 18.7 Å². The van der Waals surface area contributed by atoms with Gasteiger partial charge in [0.25, 0.3) is 0 Å². The highest BCUT2D eigenvalue weighted by Gasteiger charge is 2.13. The van der Waals surface area contributed by atoms with Crippen molar-refractivity contribution in [3.8, 4) is 11.5 Å². The average Bonchev–Trinajstić information content (AvgIpc) is 2.96. The van der Waals surface area contributed by atoms with Gasteiger partial charge >= 0.3 is 6.03 Å². The molecule has 0 fully saturated rings. The number of nitrogens with one attached hydrogen (secondary N) is 2. The Hall–Kier alpha value is -2.76. The number of carbonyl (C=O) groups excluding carboxylic acids is 1. The molecule has 0 saturated heterocycles. The van der Waals surface area contributed by atoms with Crippen LogP contribution in [0.4, 0.5) is 10.5 Å². The fourth-order valence-corrected chi connectivity index (χ4v) is 2.03. The first-order valence-corrected chi connectivity index (χ1v) is 6.65. The Morgan fingerprint density at radius 3 is 3.00 bits per heavy atom. The van der Waals surface area contributed by atoms with Gasteiger partial charge in [-0.25, -0.2) is 4.79 Å². The zero-order chi connectivity index (χ0) is 14.5. The number of carbonyl (C=O) groups is 1. The fourth-order valence-electron chi connectivity index (χ4n) is 2.03. The maximum absolute atomic E-state index is 11.7. The standard InChI is InChI=1S/C15H15N3O3/c19-15(18-12-2-1-6-16-9-12)17-7-5-11-3-4-13-14(8-11)21-10-20-13/h1-4,6,8-9H,5,7,10H2,(H2,17,18,19). The van der Waals surface area contributed by atoms with Gasteiger partial charge in [-0.3, -0.25) is 4.98 Å². The van der Waals surface area contributed by atoms with Gasteiger partial charge in [-0.05, 0) is 36.2 Å². The van der Waals surface area contributed by atoms with E-state index in [0.29, 0.717) is 12.2 Å². The van der Waals surface area contributed by atoms with E-state index in [4.69, 9.17) is 9.47 Å². The molecular formula is C15H15N3O3. The molecule has 2 N–H and O–H groups in total. The molecule has 0 radical (unpaired) electrons. The molecule has 6 heteroatoms. The Balaban J connectivity index is 1.46. The minimum absolute atomic E-state index is 0.247. The van der Waals surface area contributed by atoms with E-state index in [1.165, 1.54) is 0 Å². The van der Waals surface area contributed by atoms with E-state index in [0.717, 1.165) is 23.5 Å². The molecule has 0 spiro atoms. The second-order valence-corrected chi connectivity index (χ2v) is 4.56. The van der Waals surface area contributed by atoms with Gasteiger partial charge in [-0.15, -0.1) is 0 Å². The van der Waals surface area contributed by atoms with E-state index in [2.05, 4.69) is 15.6 Å². The van der Waals surface area contributed by atoms with Crippen LogP contribution in [0, 0.1) is 0 Å². The average molecular weight is 285 g/mol. The summed E-state index contributed by atoms with van der Waals surface area (Å²) in [4.78, 5) is 15.6. The molecular weight excluding hydrogens is 270 g/mol. The van der Waals surface area contributed by atoms with Crippen molar-refractivity contribution in [1.82, 2.24) is 10.3 Å². The molecule has 0 saturated carbocycles. The van der Waals surface area contributed by atoms with Crippen LogP contribution in [0.5, 0.6) is 11.5 Å². The first-order chi connectivity index (χ1) is 10.3. The zero-order valence-corrected chi connectivity index (χ0v) is 11.3. The molecule has 2 amide bonds. The summed E-state index contributed by atoms with van der Waals surface area (Å²) in [5, 5.41) is 5.51. The summed E-state index contributed by atoms with van der Waals surface area (Å²) in [6.07, 6.45) is 3.97. The number of nitrogens with zero attached hydrogens (tertiary/aromatic N) is 1. The van der Waals surface area contributed by atoms with Crippen LogP contribution in [-0.4, -0.2) is 24.4 Å². The lowest BCUT2D eigenvalue weighted by molar-refractivity contribution is 0.174. The molecule has 3 rings (SSSR count). The first kappa shape index (κ1) is 13.2. The molecule has 0 bridgehead atoms. The fraction of sp³-hybridized carbons (Fsp3) is 0.200. The number of anilines is 1. The number of fused-ring (bicyclic) bond motifs is 1. The number of hydrogen-bond donors (Lipinski definition) is 2. The molecule has 0 aliphatic carbocycles. The second-order valence-electron chi connectivity index (χ2n) is 4.56. The van der Waals surface area contributed by atoms with Gasteiger partial charge < -0.3 is 20.1 Å². The first-order valence-electron chi connectivity index (χ1n) is 6.65. The summed E-state index contributed by atoms with van der Waals surface area (Å²) in [6, 6.07) is 9.08. The topological polar surface area (TPSA) is 72.5 Å². The molecule has 2 aromatic rings. The summed E-state index contributed by atoms with van der Waals surface area (Å²) in [7, 11) is 0. The Morgan fingerprint density at radius 1 is 1.24 bits per heavy atom. The zero-order valence-electron chi connectivity index (χ0n) is 11.3. The minimum Gasteiger partial charge on any atom is -0.454 e. The van der Waals surface area contributed by atoms with Gasteiger partial charge in [0.15, 0.2) is 11.5 Å². The van der Waals surface area contributed by atoms with Gasteiger partial charge in [0.05, 0.1) is 11.9 Å². The molecule has 1 aliphatic rings. The van der Waals surface area contributed by atoms with E-state index >= 15 is 0 Å². The summed E-state index contributed by atoms with van der Waals surface area (Å²) >= 11 is 0. The predicted molar refractivity (Wildman–Crippen MR) is 77.5 cm³/mol. The maximum atomic E-state index is 11.7. The lowest BCUT2D eigenvalue weighted by atomic mass is 10.1. The van der Waals surface area contributed by atoms with Crippen molar-refractivity contribution in [3.05, 3.63) is 48.3 Å². The van der Waals surface area contributed by atoms with Crippen molar-refractivity contribution in [1.29, 1.82) is 0 Å². The van der Waals surface area contributed by atoms with Crippen LogP contribution in [0.1, 0.15) is 5.56 Å². The Labute approximate surface area is 122 Å². The molecule has 0 atom stereocenters. The van der Waals surface area contributed by atoms with Crippen LogP contribution in [0.15, 0.2) is 42.7 Å². The SMILES string of the molecule is O=C(NCCc1ccc2c(c1)OCO2)Nc1cccnc1. The predicted octanol–water partition coefficient (Wildman–Crippen LogP) is 2.17. The number of urea groups is 1. The van der Waals surface area contributed by atoms with Crippen molar-refractivity contribution in [3.63, 3.8) is 0 Å². The van der Waals surface area contributed by atoms with Crippen LogP contribution in [0.3, 0.4) is 0 Å². The second kappa shape index (κ2) is 6.13. The van der Waals surface area contributed by atoms with E-state index in [9.17, 15) is 4.79 Å². The molecule has 1 aromatic heterocycles. The lowest BCUT2D eigenvalue weighted by Crippen LogP contribution is -2.30.